The summed E-state index contributed by atoms with van der Waals surface area (Å²) in [5.41, 5.74) is 0. The van der Waals surface area contributed by atoms with Crippen molar-refractivity contribution in [1.82, 2.24) is 0 Å². The summed E-state index contributed by atoms with van der Waals surface area (Å²) in [6.07, 6.45) is 33.4. The number of esters is 2. The molecule has 0 fully saturated rings. The summed E-state index contributed by atoms with van der Waals surface area (Å²) in [6.45, 7) is 11.1. The van der Waals surface area contributed by atoms with Gasteiger partial charge in [0, 0.05) is 12.8 Å². The number of carbonyl (C=O) groups is 2. The molecule has 0 amide bonds. The van der Waals surface area contributed by atoms with Crippen molar-refractivity contribution < 1.29 is 23.5 Å². The van der Waals surface area contributed by atoms with Crippen molar-refractivity contribution in [3.63, 3.8) is 0 Å². The average molecular weight is 667 g/mol. The number of nitrogens with zero attached hydrogens (tertiary/aromatic N) is 1. The quantitative estimate of drug-likeness (QED) is 0.0297. The number of likely N-dealkylation sites (N-methyl/N-ethyl adjacent to an activating group) is 1. The second-order valence-electron chi connectivity index (χ2n) is 16.5. The molecular formula is C42H84NO4+. The zero-order valence-corrected chi connectivity index (χ0v) is 33.2. The monoisotopic (exact) mass is 667 g/mol. The van der Waals surface area contributed by atoms with E-state index >= 15 is 0 Å². The lowest BCUT2D eigenvalue weighted by Gasteiger charge is -2.36. The molecule has 280 valence electrons. The largest absolute Gasteiger partial charge is 0.452 e. The predicted molar refractivity (Wildman–Crippen MR) is 202 cm³/mol. The van der Waals surface area contributed by atoms with Crippen LogP contribution in [0.2, 0.25) is 0 Å². The number of hydrogen-bond acceptors (Lipinski definition) is 4. The molecular weight excluding hydrogens is 582 g/mol. The van der Waals surface area contributed by atoms with Gasteiger partial charge in [-0.15, -0.1) is 0 Å². The molecule has 47 heavy (non-hydrogen) atoms. The summed E-state index contributed by atoms with van der Waals surface area (Å²) in [6, 6.07) is 0. The third-order valence-electron chi connectivity index (χ3n) is 9.56. The molecule has 2 atom stereocenters. The van der Waals surface area contributed by atoms with Crippen LogP contribution in [0.15, 0.2) is 0 Å². The zero-order valence-electron chi connectivity index (χ0n) is 33.2. The van der Waals surface area contributed by atoms with Crippen LogP contribution in [0.25, 0.3) is 0 Å². The Bertz CT molecular complexity index is 714. The van der Waals surface area contributed by atoms with Crippen molar-refractivity contribution in [3.05, 3.63) is 0 Å². The van der Waals surface area contributed by atoms with Gasteiger partial charge >= 0.3 is 11.9 Å². The number of rotatable bonds is 34. The van der Waals surface area contributed by atoms with Crippen molar-refractivity contribution in [2.24, 2.45) is 11.8 Å². The molecule has 0 bridgehead atoms. The van der Waals surface area contributed by atoms with Crippen LogP contribution in [0, 0.1) is 11.8 Å². The molecule has 0 saturated carbocycles. The molecule has 0 spiro atoms. The molecule has 0 aliphatic heterocycles. The number of quaternary nitrogens is 1. The molecule has 0 radical (unpaired) electrons. The van der Waals surface area contributed by atoms with Crippen LogP contribution in [-0.2, 0) is 19.1 Å². The fourth-order valence-corrected chi connectivity index (χ4v) is 6.58. The van der Waals surface area contributed by atoms with Gasteiger partial charge in [0.05, 0.1) is 21.1 Å². The van der Waals surface area contributed by atoms with Gasteiger partial charge in [-0.05, 0) is 31.6 Å². The van der Waals surface area contributed by atoms with Crippen LogP contribution in [-0.4, -0.2) is 49.9 Å². The van der Waals surface area contributed by atoms with E-state index in [0.717, 1.165) is 37.5 Å². The van der Waals surface area contributed by atoms with Gasteiger partial charge in [0.25, 0.3) is 6.23 Å². The first-order chi connectivity index (χ1) is 22.4. The maximum Gasteiger partial charge on any atom is 0.310 e. The summed E-state index contributed by atoms with van der Waals surface area (Å²) in [4.78, 5) is 25.2. The third kappa shape index (κ3) is 31.9. The van der Waals surface area contributed by atoms with Crippen molar-refractivity contribution in [3.8, 4) is 0 Å². The van der Waals surface area contributed by atoms with E-state index in [-0.39, 0.29) is 11.9 Å². The van der Waals surface area contributed by atoms with Crippen molar-refractivity contribution in [2.45, 2.75) is 227 Å². The van der Waals surface area contributed by atoms with Crippen molar-refractivity contribution in [2.75, 3.05) is 21.1 Å². The van der Waals surface area contributed by atoms with E-state index in [4.69, 9.17) is 9.47 Å². The van der Waals surface area contributed by atoms with Crippen LogP contribution < -0.4 is 0 Å². The van der Waals surface area contributed by atoms with Crippen LogP contribution in [0.1, 0.15) is 214 Å². The average Bonchev–Trinajstić information content (AvgIpc) is 2.99. The molecule has 5 heteroatoms. The lowest BCUT2D eigenvalue weighted by Crippen LogP contribution is -2.54. The molecule has 0 saturated heterocycles. The Labute approximate surface area is 294 Å². The van der Waals surface area contributed by atoms with E-state index in [9.17, 15) is 9.59 Å². The highest BCUT2D eigenvalue weighted by atomic mass is 16.6. The van der Waals surface area contributed by atoms with Gasteiger partial charge in [0.2, 0.25) is 0 Å². The Morgan fingerprint density at radius 3 is 0.936 bits per heavy atom. The second kappa shape index (κ2) is 30.9. The second-order valence-corrected chi connectivity index (χ2v) is 16.5. The summed E-state index contributed by atoms with van der Waals surface area (Å²) in [5, 5.41) is 0. The first-order valence-electron chi connectivity index (χ1n) is 20.6. The number of unbranched alkanes of at least 4 members (excludes halogenated alkanes) is 22. The fourth-order valence-electron chi connectivity index (χ4n) is 6.58. The molecule has 0 heterocycles. The van der Waals surface area contributed by atoms with Gasteiger partial charge in [-0.1, -0.05) is 182 Å². The van der Waals surface area contributed by atoms with E-state index in [1.807, 2.05) is 28.1 Å². The highest BCUT2D eigenvalue weighted by Gasteiger charge is 2.36. The van der Waals surface area contributed by atoms with Gasteiger partial charge in [0.1, 0.15) is 0 Å². The van der Waals surface area contributed by atoms with Crippen molar-refractivity contribution in [1.29, 1.82) is 0 Å². The normalized spacial score (nSPS) is 13.3. The Morgan fingerprint density at radius 2 is 0.660 bits per heavy atom. The van der Waals surface area contributed by atoms with Gasteiger partial charge in [-0.25, -0.2) is 0 Å². The Kier molecular flexibility index (Phi) is 30.2. The minimum atomic E-state index is -0.498. The molecule has 0 aliphatic rings. The highest BCUT2D eigenvalue weighted by Crippen LogP contribution is 2.19. The summed E-state index contributed by atoms with van der Waals surface area (Å²) in [7, 11) is 5.97. The lowest BCUT2D eigenvalue weighted by molar-refractivity contribution is -0.920. The molecule has 0 rings (SSSR count). The molecule has 0 aromatic heterocycles. The summed E-state index contributed by atoms with van der Waals surface area (Å²) < 4.78 is 12.1. The summed E-state index contributed by atoms with van der Waals surface area (Å²) >= 11 is 0. The highest BCUT2D eigenvalue weighted by molar-refractivity contribution is 5.70. The number of ether oxygens (including phenoxy) is 2. The van der Waals surface area contributed by atoms with Gasteiger partial charge < -0.3 is 9.47 Å². The van der Waals surface area contributed by atoms with Gasteiger partial charge in [0.15, 0.2) is 6.10 Å². The van der Waals surface area contributed by atoms with Crippen LogP contribution in [0.3, 0.4) is 0 Å². The smallest absolute Gasteiger partial charge is 0.310 e. The van der Waals surface area contributed by atoms with E-state index < -0.39 is 12.3 Å². The maximum absolute atomic E-state index is 12.7. The van der Waals surface area contributed by atoms with E-state index in [1.165, 1.54) is 141 Å². The minimum Gasteiger partial charge on any atom is -0.452 e. The number of carbonyl (C=O) groups excluding carboxylic acids is 2. The van der Waals surface area contributed by atoms with Crippen LogP contribution >= 0.6 is 0 Å². The van der Waals surface area contributed by atoms with Crippen LogP contribution in [0.5, 0.6) is 0 Å². The Balaban J connectivity index is 3.88. The molecule has 5 nitrogen and oxygen atoms in total. The molecule has 2 unspecified atom stereocenters. The van der Waals surface area contributed by atoms with E-state index in [2.05, 4.69) is 27.7 Å². The molecule has 0 aromatic carbocycles. The molecule has 0 aliphatic carbocycles. The maximum atomic E-state index is 12.7. The predicted octanol–water partition coefficient (Wildman–Crippen LogP) is 12.7. The standard InChI is InChI=1S/C42H84NO4/c1-37(2)33-29-25-21-17-13-9-11-15-19-23-27-31-35-40(44)46-39(5)42(43(6,7)8)47-41(45)36-32-28-24-20-16-12-10-14-18-22-26-30-34-38(3)4/h37-39,42H,9-36H2,1-8H3/q+1. The summed E-state index contributed by atoms with van der Waals surface area (Å²) in [5.74, 6) is 1.33. The van der Waals surface area contributed by atoms with Gasteiger partial charge in [-0.2, -0.15) is 0 Å². The minimum absolute atomic E-state index is 0.179. The fraction of sp³-hybridized carbons (Fsp3) is 0.952. The number of hydrogen-bond donors (Lipinski definition) is 0. The van der Waals surface area contributed by atoms with E-state index in [1.54, 1.807) is 0 Å². The molecule has 0 N–H and O–H groups in total. The Hall–Kier alpha value is -1.10. The lowest BCUT2D eigenvalue weighted by atomic mass is 10.0. The topological polar surface area (TPSA) is 52.6 Å². The van der Waals surface area contributed by atoms with E-state index in [0.29, 0.717) is 17.3 Å². The third-order valence-corrected chi connectivity index (χ3v) is 9.56. The van der Waals surface area contributed by atoms with Crippen molar-refractivity contribution >= 4 is 11.9 Å². The Morgan fingerprint density at radius 1 is 0.404 bits per heavy atom. The van der Waals surface area contributed by atoms with Crippen LogP contribution in [0.4, 0.5) is 0 Å². The first kappa shape index (κ1) is 45.9. The van der Waals surface area contributed by atoms with Gasteiger partial charge in [-0.3, -0.25) is 14.1 Å². The SMILES string of the molecule is CC(C)CCCCCCCCCCCCCCC(=O)OC(C)C(OC(=O)CCCCCCCCCCCCCCC(C)C)[N+](C)(C)C. The first-order valence-corrected chi connectivity index (χ1v) is 20.6. The zero-order chi connectivity index (χ0) is 35.2. The molecule has 0 aromatic rings.